The minimum absolute atomic E-state index is 0.0101. The standard InChI is InChI=1S/C15H18N2O5/c18-14(3-4-15(19)17-5-7-20-8-6-17)16-11-1-2-12-13(9-11)22-10-21-12/h1-2,9H,3-8,10H2,(H,16,18). The zero-order valence-corrected chi connectivity index (χ0v) is 12.2. The molecule has 1 saturated heterocycles. The lowest BCUT2D eigenvalue weighted by atomic mass is 10.2. The van der Waals surface area contributed by atoms with Crippen LogP contribution in [0.2, 0.25) is 0 Å². The molecule has 2 aliphatic heterocycles. The number of fused-ring (bicyclic) bond motifs is 1. The molecule has 1 aromatic carbocycles. The highest BCUT2D eigenvalue weighted by Crippen LogP contribution is 2.34. The van der Waals surface area contributed by atoms with Crippen LogP contribution >= 0.6 is 0 Å². The van der Waals surface area contributed by atoms with E-state index in [1.54, 1.807) is 23.1 Å². The molecule has 1 N–H and O–H groups in total. The highest BCUT2D eigenvalue weighted by molar-refractivity contribution is 5.93. The molecule has 1 aromatic rings. The van der Waals surface area contributed by atoms with Crippen molar-refractivity contribution in [3.8, 4) is 11.5 Å². The van der Waals surface area contributed by atoms with Gasteiger partial charge in [-0.3, -0.25) is 9.59 Å². The van der Waals surface area contributed by atoms with Crippen molar-refractivity contribution in [2.45, 2.75) is 12.8 Å². The predicted octanol–water partition coefficient (Wildman–Crippen LogP) is 0.993. The molecular weight excluding hydrogens is 288 g/mol. The maximum atomic E-state index is 12.0. The zero-order valence-electron chi connectivity index (χ0n) is 12.2. The molecule has 22 heavy (non-hydrogen) atoms. The van der Waals surface area contributed by atoms with Crippen LogP contribution in [0.25, 0.3) is 0 Å². The van der Waals surface area contributed by atoms with Gasteiger partial charge in [0.1, 0.15) is 0 Å². The molecule has 0 aromatic heterocycles. The number of nitrogens with one attached hydrogen (secondary N) is 1. The van der Waals surface area contributed by atoms with Crippen LogP contribution in [0.5, 0.6) is 11.5 Å². The third-order valence-corrected chi connectivity index (χ3v) is 3.59. The average molecular weight is 306 g/mol. The van der Waals surface area contributed by atoms with E-state index in [-0.39, 0.29) is 31.4 Å². The summed E-state index contributed by atoms with van der Waals surface area (Å²) in [5.74, 6) is 1.08. The number of carbonyl (C=O) groups is 2. The van der Waals surface area contributed by atoms with Crippen molar-refractivity contribution in [1.82, 2.24) is 4.90 Å². The lowest BCUT2D eigenvalue weighted by Gasteiger charge is -2.26. The smallest absolute Gasteiger partial charge is 0.231 e. The van der Waals surface area contributed by atoms with E-state index < -0.39 is 0 Å². The highest BCUT2D eigenvalue weighted by atomic mass is 16.7. The van der Waals surface area contributed by atoms with Crippen molar-refractivity contribution in [3.05, 3.63) is 18.2 Å². The van der Waals surface area contributed by atoms with Crippen LogP contribution in [0.1, 0.15) is 12.8 Å². The van der Waals surface area contributed by atoms with E-state index in [2.05, 4.69) is 5.32 Å². The number of morpholine rings is 1. The topological polar surface area (TPSA) is 77.1 Å². The van der Waals surface area contributed by atoms with Gasteiger partial charge in [0.05, 0.1) is 13.2 Å². The molecule has 118 valence electrons. The monoisotopic (exact) mass is 306 g/mol. The Bertz CT molecular complexity index is 569. The molecule has 1 fully saturated rings. The van der Waals surface area contributed by atoms with Crippen molar-refractivity contribution < 1.29 is 23.8 Å². The summed E-state index contributed by atoms with van der Waals surface area (Å²) in [5, 5.41) is 2.76. The third kappa shape index (κ3) is 3.48. The summed E-state index contributed by atoms with van der Waals surface area (Å²) in [4.78, 5) is 25.6. The first-order chi connectivity index (χ1) is 10.7. The van der Waals surface area contributed by atoms with E-state index in [9.17, 15) is 9.59 Å². The molecule has 7 heteroatoms. The summed E-state index contributed by atoms with van der Waals surface area (Å²) in [6.45, 7) is 2.52. The first-order valence-electron chi connectivity index (χ1n) is 7.27. The van der Waals surface area contributed by atoms with Gasteiger partial charge < -0.3 is 24.4 Å². The molecule has 0 spiro atoms. The van der Waals surface area contributed by atoms with Crippen LogP contribution in [0.4, 0.5) is 5.69 Å². The van der Waals surface area contributed by atoms with Gasteiger partial charge in [-0.25, -0.2) is 0 Å². The molecule has 0 unspecified atom stereocenters. The Balaban J connectivity index is 1.47. The summed E-state index contributed by atoms with van der Waals surface area (Å²) >= 11 is 0. The van der Waals surface area contributed by atoms with Crippen LogP contribution in [-0.4, -0.2) is 49.8 Å². The summed E-state index contributed by atoms with van der Waals surface area (Å²) in [7, 11) is 0. The quantitative estimate of drug-likeness (QED) is 0.898. The summed E-state index contributed by atoms with van der Waals surface area (Å²) in [6, 6.07) is 5.20. The van der Waals surface area contributed by atoms with E-state index in [4.69, 9.17) is 14.2 Å². The Labute approximate surface area is 128 Å². The highest BCUT2D eigenvalue weighted by Gasteiger charge is 2.18. The number of rotatable bonds is 4. The summed E-state index contributed by atoms with van der Waals surface area (Å²) < 4.78 is 15.7. The van der Waals surface area contributed by atoms with Crippen LogP contribution < -0.4 is 14.8 Å². The number of hydrogen-bond acceptors (Lipinski definition) is 5. The largest absolute Gasteiger partial charge is 0.454 e. The van der Waals surface area contributed by atoms with Gasteiger partial charge in [0, 0.05) is 37.7 Å². The van der Waals surface area contributed by atoms with Gasteiger partial charge in [-0.2, -0.15) is 0 Å². The first kappa shape index (κ1) is 14.6. The summed E-state index contributed by atoms with van der Waals surface area (Å²) in [5.41, 5.74) is 0.632. The molecule has 2 amide bonds. The molecule has 2 aliphatic rings. The number of hydrogen-bond donors (Lipinski definition) is 1. The molecule has 0 saturated carbocycles. The molecule has 0 aliphatic carbocycles. The molecule has 3 rings (SSSR count). The fourth-order valence-corrected chi connectivity index (χ4v) is 2.39. The van der Waals surface area contributed by atoms with Gasteiger partial charge in [-0.05, 0) is 12.1 Å². The van der Waals surface area contributed by atoms with Gasteiger partial charge in [0.25, 0.3) is 0 Å². The number of anilines is 1. The van der Waals surface area contributed by atoms with Gasteiger partial charge >= 0.3 is 0 Å². The van der Waals surface area contributed by atoms with Crippen molar-refractivity contribution in [3.63, 3.8) is 0 Å². The van der Waals surface area contributed by atoms with Gasteiger partial charge in [0.2, 0.25) is 18.6 Å². The summed E-state index contributed by atoms with van der Waals surface area (Å²) in [6.07, 6.45) is 0.362. The Morgan fingerprint density at radius 2 is 1.86 bits per heavy atom. The number of nitrogens with zero attached hydrogens (tertiary/aromatic N) is 1. The van der Waals surface area contributed by atoms with Crippen molar-refractivity contribution in [2.24, 2.45) is 0 Å². The van der Waals surface area contributed by atoms with Crippen LogP contribution in [-0.2, 0) is 14.3 Å². The predicted molar refractivity (Wildman–Crippen MR) is 77.8 cm³/mol. The number of amides is 2. The maximum Gasteiger partial charge on any atom is 0.231 e. The second kappa shape index (κ2) is 6.65. The minimum Gasteiger partial charge on any atom is -0.454 e. The Morgan fingerprint density at radius 1 is 1.09 bits per heavy atom. The van der Waals surface area contributed by atoms with Crippen molar-refractivity contribution in [1.29, 1.82) is 0 Å². The number of ether oxygens (including phenoxy) is 3. The fourth-order valence-electron chi connectivity index (χ4n) is 2.39. The lowest BCUT2D eigenvalue weighted by Crippen LogP contribution is -2.40. The Kier molecular flexibility index (Phi) is 4.43. The van der Waals surface area contributed by atoms with Crippen molar-refractivity contribution >= 4 is 17.5 Å². The van der Waals surface area contributed by atoms with E-state index in [0.29, 0.717) is 43.5 Å². The molecule has 2 heterocycles. The molecule has 0 atom stereocenters. The second-order valence-electron chi connectivity index (χ2n) is 5.11. The second-order valence-corrected chi connectivity index (χ2v) is 5.11. The van der Waals surface area contributed by atoms with Gasteiger partial charge in [-0.1, -0.05) is 0 Å². The first-order valence-corrected chi connectivity index (χ1v) is 7.27. The number of benzene rings is 1. The van der Waals surface area contributed by atoms with E-state index in [1.807, 2.05) is 0 Å². The lowest BCUT2D eigenvalue weighted by molar-refractivity contribution is -0.136. The Hall–Kier alpha value is -2.28. The average Bonchev–Trinajstić information content (AvgIpc) is 3.01. The Morgan fingerprint density at radius 3 is 2.68 bits per heavy atom. The SMILES string of the molecule is O=C(CCC(=O)N1CCOCC1)Nc1ccc2c(c1)OCO2. The maximum absolute atomic E-state index is 12.0. The van der Waals surface area contributed by atoms with Crippen molar-refractivity contribution in [2.75, 3.05) is 38.4 Å². The van der Waals surface area contributed by atoms with Crippen LogP contribution in [0.3, 0.4) is 0 Å². The molecule has 0 radical (unpaired) electrons. The zero-order chi connectivity index (χ0) is 15.4. The minimum atomic E-state index is -0.194. The van der Waals surface area contributed by atoms with Crippen LogP contribution in [0.15, 0.2) is 18.2 Å². The van der Waals surface area contributed by atoms with Gasteiger partial charge in [0.15, 0.2) is 11.5 Å². The van der Waals surface area contributed by atoms with E-state index in [0.717, 1.165) is 0 Å². The molecule has 0 bridgehead atoms. The number of carbonyl (C=O) groups excluding carboxylic acids is 2. The molecular formula is C15H18N2O5. The molecule has 7 nitrogen and oxygen atoms in total. The fraction of sp³-hybridized carbons (Fsp3) is 0.467. The normalized spacial score (nSPS) is 16.5. The van der Waals surface area contributed by atoms with Gasteiger partial charge in [-0.15, -0.1) is 0 Å². The van der Waals surface area contributed by atoms with Crippen LogP contribution in [0, 0.1) is 0 Å². The van der Waals surface area contributed by atoms with E-state index in [1.165, 1.54) is 0 Å². The third-order valence-electron chi connectivity index (χ3n) is 3.59. The van der Waals surface area contributed by atoms with E-state index >= 15 is 0 Å².